The van der Waals surface area contributed by atoms with E-state index in [9.17, 15) is 0 Å². The number of aromatic nitrogens is 2. The Morgan fingerprint density at radius 2 is 2.09 bits per heavy atom. The SMILES string of the molecule is CCNC(=NCCn1cccn1)NCCOc1ccccc1. The second-order valence-corrected chi connectivity index (χ2v) is 4.62. The summed E-state index contributed by atoms with van der Waals surface area (Å²) < 4.78 is 7.51. The quantitative estimate of drug-likeness (QED) is 0.441. The van der Waals surface area contributed by atoms with Crippen LogP contribution in [0.5, 0.6) is 5.75 Å². The van der Waals surface area contributed by atoms with Crippen molar-refractivity contribution in [2.24, 2.45) is 4.99 Å². The molecule has 6 heteroatoms. The van der Waals surface area contributed by atoms with Gasteiger partial charge in [0.1, 0.15) is 12.4 Å². The Balaban J connectivity index is 1.69. The Bertz CT molecular complexity index is 539. The second kappa shape index (κ2) is 9.44. The molecule has 0 fully saturated rings. The number of guanidine groups is 1. The van der Waals surface area contributed by atoms with Crippen molar-refractivity contribution in [1.82, 2.24) is 20.4 Å². The Kier molecular flexibility index (Phi) is 6.81. The number of hydrogen-bond donors (Lipinski definition) is 2. The standard InChI is InChI=1S/C16H23N5O/c1-2-17-16(18-10-13-21-12-6-9-20-21)19-11-14-22-15-7-4-3-5-8-15/h3-9,12H,2,10-11,13-14H2,1H3,(H2,17,18,19). The first-order chi connectivity index (χ1) is 10.9. The molecule has 0 aliphatic heterocycles. The molecular formula is C16H23N5O. The van der Waals surface area contributed by atoms with E-state index in [0.717, 1.165) is 24.8 Å². The first-order valence-corrected chi connectivity index (χ1v) is 7.56. The number of aliphatic imine (C=N–C) groups is 1. The fraction of sp³-hybridized carbons (Fsp3) is 0.375. The second-order valence-electron chi connectivity index (χ2n) is 4.62. The van der Waals surface area contributed by atoms with Crippen LogP contribution in [0.25, 0.3) is 0 Å². The fourth-order valence-corrected chi connectivity index (χ4v) is 1.89. The van der Waals surface area contributed by atoms with Crippen LogP contribution in [0.1, 0.15) is 6.92 Å². The minimum absolute atomic E-state index is 0.591. The Morgan fingerprint density at radius 3 is 2.82 bits per heavy atom. The van der Waals surface area contributed by atoms with Gasteiger partial charge in [0.2, 0.25) is 0 Å². The molecule has 0 radical (unpaired) electrons. The third kappa shape index (κ3) is 5.87. The van der Waals surface area contributed by atoms with Gasteiger partial charge < -0.3 is 15.4 Å². The number of para-hydroxylation sites is 1. The van der Waals surface area contributed by atoms with Crippen LogP contribution in [0.15, 0.2) is 53.8 Å². The normalized spacial score (nSPS) is 11.2. The molecule has 1 aromatic heterocycles. The van der Waals surface area contributed by atoms with Crippen molar-refractivity contribution >= 4 is 5.96 Å². The lowest BCUT2D eigenvalue weighted by Crippen LogP contribution is -2.39. The zero-order valence-electron chi connectivity index (χ0n) is 12.9. The molecule has 2 rings (SSSR count). The molecule has 0 spiro atoms. The molecular weight excluding hydrogens is 278 g/mol. The average Bonchev–Trinajstić information content (AvgIpc) is 3.06. The van der Waals surface area contributed by atoms with Crippen LogP contribution in [-0.4, -0.2) is 42.0 Å². The van der Waals surface area contributed by atoms with Gasteiger partial charge in [0.25, 0.3) is 0 Å². The summed E-state index contributed by atoms with van der Waals surface area (Å²) in [6.07, 6.45) is 3.71. The van der Waals surface area contributed by atoms with E-state index in [0.29, 0.717) is 19.7 Å². The zero-order chi connectivity index (χ0) is 15.5. The largest absolute Gasteiger partial charge is 0.492 e. The molecule has 0 atom stereocenters. The summed E-state index contributed by atoms with van der Waals surface area (Å²) in [5, 5.41) is 10.6. The third-order valence-electron chi connectivity index (χ3n) is 2.91. The van der Waals surface area contributed by atoms with Crippen molar-refractivity contribution in [3.8, 4) is 5.75 Å². The van der Waals surface area contributed by atoms with Gasteiger partial charge in [0.05, 0.1) is 19.6 Å². The number of ether oxygens (including phenoxy) is 1. The zero-order valence-corrected chi connectivity index (χ0v) is 12.9. The van der Waals surface area contributed by atoms with Gasteiger partial charge in [-0.3, -0.25) is 9.67 Å². The summed E-state index contributed by atoms with van der Waals surface area (Å²) in [4.78, 5) is 4.51. The van der Waals surface area contributed by atoms with Crippen LogP contribution in [-0.2, 0) is 6.54 Å². The van der Waals surface area contributed by atoms with Gasteiger partial charge in [-0.15, -0.1) is 0 Å². The highest BCUT2D eigenvalue weighted by atomic mass is 16.5. The smallest absolute Gasteiger partial charge is 0.191 e. The Labute approximate surface area is 131 Å². The molecule has 6 nitrogen and oxygen atoms in total. The molecule has 1 heterocycles. The molecule has 2 aromatic rings. The van der Waals surface area contributed by atoms with E-state index in [2.05, 4.69) is 20.7 Å². The maximum Gasteiger partial charge on any atom is 0.191 e. The first kappa shape index (κ1) is 15.9. The van der Waals surface area contributed by atoms with Crippen LogP contribution in [0, 0.1) is 0 Å². The highest BCUT2D eigenvalue weighted by Crippen LogP contribution is 2.07. The van der Waals surface area contributed by atoms with Crippen molar-refractivity contribution in [3.05, 3.63) is 48.8 Å². The maximum absolute atomic E-state index is 5.64. The first-order valence-electron chi connectivity index (χ1n) is 7.56. The molecule has 0 saturated heterocycles. The lowest BCUT2D eigenvalue weighted by Gasteiger charge is -2.12. The predicted molar refractivity (Wildman–Crippen MR) is 88.1 cm³/mol. The maximum atomic E-state index is 5.64. The topological polar surface area (TPSA) is 63.5 Å². The highest BCUT2D eigenvalue weighted by Gasteiger charge is 1.97. The van der Waals surface area contributed by atoms with E-state index in [1.54, 1.807) is 6.20 Å². The van der Waals surface area contributed by atoms with Crippen molar-refractivity contribution in [2.45, 2.75) is 13.5 Å². The molecule has 0 amide bonds. The summed E-state index contributed by atoms with van der Waals surface area (Å²) in [6.45, 7) is 5.61. The minimum atomic E-state index is 0.591. The summed E-state index contributed by atoms with van der Waals surface area (Å²) in [6, 6.07) is 11.7. The van der Waals surface area contributed by atoms with Gasteiger partial charge in [-0.05, 0) is 25.1 Å². The number of nitrogens with zero attached hydrogens (tertiary/aromatic N) is 3. The molecule has 118 valence electrons. The fourth-order valence-electron chi connectivity index (χ4n) is 1.89. The van der Waals surface area contributed by atoms with Crippen LogP contribution in [0.4, 0.5) is 0 Å². The third-order valence-corrected chi connectivity index (χ3v) is 2.91. The van der Waals surface area contributed by atoms with E-state index in [-0.39, 0.29) is 0 Å². The Hall–Kier alpha value is -2.50. The number of hydrogen-bond acceptors (Lipinski definition) is 3. The van der Waals surface area contributed by atoms with Gasteiger partial charge in [-0.25, -0.2) is 0 Å². The molecule has 0 unspecified atom stereocenters. The van der Waals surface area contributed by atoms with Crippen LogP contribution in [0.3, 0.4) is 0 Å². The van der Waals surface area contributed by atoms with Gasteiger partial charge >= 0.3 is 0 Å². The van der Waals surface area contributed by atoms with Crippen molar-refractivity contribution < 1.29 is 4.74 Å². The van der Waals surface area contributed by atoms with Crippen molar-refractivity contribution in [1.29, 1.82) is 0 Å². The number of nitrogens with one attached hydrogen (secondary N) is 2. The summed E-state index contributed by atoms with van der Waals surface area (Å²) in [7, 11) is 0. The van der Waals surface area contributed by atoms with Gasteiger partial charge in [0, 0.05) is 18.9 Å². The van der Waals surface area contributed by atoms with E-state index >= 15 is 0 Å². The van der Waals surface area contributed by atoms with Crippen molar-refractivity contribution in [3.63, 3.8) is 0 Å². The summed E-state index contributed by atoms with van der Waals surface area (Å²) in [5.41, 5.74) is 0. The van der Waals surface area contributed by atoms with Crippen LogP contribution in [0.2, 0.25) is 0 Å². The van der Waals surface area contributed by atoms with Crippen LogP contribution >= 0.6 is 0 Å². The van der Waals surface area contributed by atoms with Crippen LogP contribution < -0.4 is 15.4 Å². The van der Waals surface area contributed by atoms with E-state index in [4.69, 9.17) is 4.74 Å². The highest BCUT2D eigenvalue weighted by molar-refractivity contribution is 5.79. The lowest BCUT2D eigenvalue weighted by molar-refractivity contribution is 0.322. The average molecular weight is 301 g/mol. The monoisotopic (exact) mass is 301 g/mol. The Morgan fingerprint density at radius 1 is 1.23 bits per heavy atom. The molecule has 0 bridgehead atoms. The molecule has 0 aliphatic carbocycles. The predicted octanol–water partition coefficient (Wildman–Crippen LogP) is 1.52. The molecule has 22 heavy (non-hydrogen) atoms. The molecule has 0 saturated carbocycles. The van der Waals surface area contributed by atoms with E-state index in [1.165, 1.54) is 0 Å². The number of benzene rings is 1. The van der Waals surface area contributed by atoms with E-state index < -0.39 is 0 Å². The van der Waals surface area contributed by atoms with Gasteiger partial charge in [0.15, 0.2) is 5.96 Å². The molecule has 0 aliphatic rings. The van der Waals surface area contributed by atoms with E-state index in [1.807, 2.05) is 54.2 Å². The summed E-state index contributed by atoms with van der Waals surface area (Å²) in [5.74, 6) is 1.68. The molecule has 2 N–H and O–H groups in total. The molecule has 1 aromatic carbocycles. The summed E-state index contributed by atoms with van der Waals surface area (Å²) >= 11 is 0. The number of rotatable bonds is 8. The van der Waals surface area contributed by atoms with Gasteiger partial charge in [-0.1, -0.05) is 18.2 Å². The van der Waals surface area contributed by atoms with Gasteiger partial charge in [-0.2, -0.15) is 5.10 Å². The van der Waals surface area contributed by atoms with Crippen molar-refractivity contribution in [2.75, 3.05) is 26.2 Å². The lowest BCUT2D eigenvalue weighted by atomic mass is 10.3. The minimum Gasteiger partial charge on any atom is -0.492 e.